The minimum absolute atomic E-state index is 0.0396. The van der Waals surface area contributed by atoms with E-state index in [0.29, 0.717) is 23.7 Å². The average Bonchev–Trinajstić information content (AvgIpc) is 3.12. The summed E-state index contributed by atoms with van der Waals surface area (Å²) in [7, 11) is 0. The number of nitrogens with one attached hydrogen (secondary N) is 1. The van der Waals surface area contributed by atoms with Crippen molar-refractivity contribution in [2.24, 2.45) is 40.4 Å². The number of aliphatic hydroxyl groups excluding tert-OH is 2. The molecule has 0 aromatic heterocycles. The van der Waals surface area contributed by atoms with Gasteiger partial charge < -0.3 is 20.6 Å². The van der Waals surface area contributed by atoms with E-state index in [4.69, 9.17) is 0 Å². The smallest absolute Gasteiger partial charge is 0.216 e. The van der Waals surface area contributed by atoms with Gasteiger partial charge in [0.15, 0.2) is 0 Å². The van der Waals surface area contributed by atoms with Crippen molar-refractivity contribution in [2.75, 3.05) is 6.54 Å². The maximum Gasteiger partial charge on any atom is 0.216 e. The van der Waals surface area contributed by atoms with Gasteiger partial charge in [-0.25, -0.2) is 0 Å². The number of hydrogen-bond acceptors (Lipinski definition) is 4. The number of amides is 1. The Balaban J connectivity index is 1.38. The van der Waals surface area contributed by atoms with Gasteiger partial charge in [0.05, 0.1) is 17.8 Å². The van der Waals surface area contributed by atoms with E-state index in [1.165, 1.54) is 19.3 Å². The largest absolute Gasteiger partial charge is 0.393 e. The van der Waals surface area contributed by atoms with Crippen molar-refractivity contribution in [1.82, 2.24) is 5.32 Å². The van der Waals surface area contributed by atoms with Crippen LogP contribution in [-0.2, 0) is 4.79 Å². The van der Waals surface area contributed by atoms with Crippen molar-refractivity contribution < 1.29 is 20.1 Å². The van der Waals surface area contributed by atoms with E-state index in [1.807, 2.05) is 0 Å². The number of unbranched alkanes of at least 4 members (excludes halogenated alkanes) is 3. The standard InChI is InChI=1S/C29H51NO4/c1-19(31)30-16-8-6-5-7-13-29(4,34)26-10-9-22-21-18-25(33)24-17-20(32)11-14-27(24,2)23(21)12-15-28(22,26)3/h20-26,32-34H,5-18H2,1-4H3,(H,30,31)/t20-,21-,22-,23?,24+,25-,26-,27+,28-,29-/m0/s1. The van der Waals surface area contributed by atoms with E-state index in [2.05, 4.69) is 26.1 Å². The molecule has 4 aliphatic carbocycles. The Morgan fingerprint density at radius 1 is 0.912 bits per heavy atom. The monoisotopic (exact) mass is 477 g/mol. The number of fused-ring (bicyclic) bond motifs is 5. The summed E-state index contributed by atoms with van der Waals surface area (Å²) in [4.78, 5) is 11.0. The lowest BCUT2D eigenvalue weighted by molar-refractivity contribution is -0.179. The molecule has 196 valence electrons. The molecule has 0 aromatic rings. The number of rotatable bonds is 8. The van der Waals surface area contributed by atoms with E-state index in [9.17, 15) is 20.1 Å². The van der Waals surface area contributed by atoms with E-state index in [-0.39, 0.29) is 34.9 Å². The molecule has 0 heterocycles. The molecule has 10 atom stereocenters. The SMILES string of the molecule is CC(=O)NCCCCCC[C@](C)(O)[C@H]1CC[C@H]2[C@@H]3C[C@H](O)[C@H]4C[C@@H](O)CC[C@]4(C)C3CC[C@@]21C. The van der Waals surface area contributed by atoms with Crippen LogP contribution in [0.1, 0.15) is 111 Å². The van der Waals surface area contributed by atoms with Crippen LogP contribution in [0.4, 0.5) is 0 Å². The molecule has 4 rings (SSSR count). The fourth-order valence-electron chi connectivity index (χ4n) is 9.70. The predicted octanol–water partition coefficient (Wildman–Crippen LogP) is 4.81. The predicted molar refractivity (Wildman–Crippen MR) is 135 cm³/mol. The highest BCUT2D eigenvalue weighted by atomic mass is 16.3. The Morgan fingerprint density at radius 3 is 2.32 bits per heavy atom. The van der Waals surface area contributed by atoms with Crippen LogP contribution in [0.2, 0.25) is 0 Å². The molecule has 4 aliphatic rings. The molecule has 0 radical (unpaired) electrons. The molecule has 4 fully saturated rings. The number of carbonyl (C=O) groups is 1. The molecule has 1 amide bonds. The van der Waals surface area contributed by atoms with Gasteiger partial charge in [0.25, 0.3) is 0 Å². The molecule has 5 nitrogen and oxygen atoms in total. The van der Waals surface area contributed by atoms with E-state index >= 15 is 0 Å². The first kappa shape index (κ1) is 26.4. The quantitative estimate of drug-likeness (QED) is 0.378. The Labute approximate surface area is 207 Å². The van der Waals surface area contributed by atoms with Crippen LogP contribution in [-0.4, -0.2) is 45.6 Å². The van der Waals surface area contributed by atoms with Crippen LogP contribution >= 0.6 is 0 Å². The topological polar surface area (TPSA) is 89.8 Å². The molecule has 5 heteroatoms. The lowest BCUT2D eigenvalue weighted by Gasteiger charge is -2.62. The van der Waals surface area contributed by atoms with E-state index in [1.54, 1.807) is 6.92 Å². The fourth-order valence-corrected chi connectivity index (χ4v) is 9.70. The van der Waals surface area contributed by atoms with Gasteiger partial charge >= 0.3 is 0 Å². The van der Waals surface area contributed by atoms with Gasteiger partial charge in [-0.2, -0.15) is 0 Å². The van der Waals surface area contributed by atoms with Crippen molar-refractivity contribution in [3.8, 4) is 0 Å². The average molecular weight is 478 g/mol. The van der Waals surface area contributed by atoms with Gasteiger partial charge in [-0.3, -0.25) is 4.79 Å². The summed E-state index contributed by atoms with van der Waals surface area (Å²) in [6, 6.07) is 0. The summed E-state index contributed by atoms with van der Waals surface area (Å²) in [5.74, 6) is 2.42. The minimum Gasteiger partial charge on any atom is -0.393 e. The third-order valence-corrected chi connectivity index (χ3v) is 11.4. The molecule has 1 unspecified atom stereocenters. The first-order valence-corrected chi connectivity index (χ1v) is 14.3. The van der Waals surface area contributed by atoms with Crippen LogP contribution in [0.15, 0.2) is 0 Å². The molecule has 4 N–H and O–H groups in total. The normalized spacial score (nSPS) is 45.6. The molecule has 0 aliphatic heterocycles. The summed E-state index contributed by atoms with van der Waals surface area (Å²) in [5.41, 5.74) is -0.323. The Morgan fingerprint density at radius 2 is 1.59 bits per heavy atom. The molecule has 0 spiro atoms. The van der Waals surface area contributed by atoms with E-state index < -0.39 is 5.60 Å². The van der Waals surface area contributed by atoms with Crippen LogP contribution in [0.25, 0.3) is 0 Å². The molecule has 0 bridgehead atoms. The Kier molecular flexibility index (Phi) is 7.78. The molecule has 0 aromatic carbocycles. The first-order valence-electron chi connectivity index (χ1n) is 14.3. The van der Waals surface area contributed by atoms with Crippen molar-refractivity contribution >= 4 is 5.91 Å². The van der Waals surface area contributed by atoms with Crippen LogP contribution in [0.3, 0.4) is 0 Å². The Hall–Kier alpha value is -0.650. The lowest BCUT2D eigenvalue weighted by atomic mass is 9.43. The fraction of sp³-hybridized carbons (Fsp3) is 0.966. The summed E-state index contributed by atoms with van der Waals surface area (Å²) >= 11 is 0. The van der Waals surface area contributed by atoms with Gasteiger partial charge in [-0.15, -0.1) is 0 Å². The van der Waals surface area contributed by atoms with Crippen LogP contribution in [0.5, 0.6) is 0 Å². The van der Waals surface area contributed by atoms with Crippen molar-refractivity contribution in [3.63, 3.8) is 0 Å². The van der Waals surface area contributed by atoms with Crippen LogP contribution < -0.4 is 5.32 Å². The first-order chi connectivity index (χ1) is 16.0. The molecule has 34 heavy (non-hydrogen) atoms. The molecule has 0 saturated heterocycles. The number of aliphatic hydroxyl groups is 3. The Bertz CT molecular complexity index is 725. The highest BCUT2D eigenvalue weighted by Crippen LogP contribution is 2.68. The van der Waals surface area contributed by atoms with Crippen molar-refractivity contribution in [3.05, 3.63) is 0 Å². The zero-order valence-corrected chi connectivity index (χ0v) is 22.2. The maximum absolute atomic E-state index is 11.7. The van der Waals surface area contributed by atoms with Crippen molar-refractivity contribution in [1.29, 1.82) is 0 Å². The summed E-state index contributed by atoms with van der Waals surface area (Å²) < 4.78 is 0. The van der Waals surface area contributed by atoms with Crippen LogP contribution in [0, 0.1) is 40.4 Å². The third-order valence-electron chi connectivity index (χ3n) is 11.4. The zero-order chi connectivity index (χ0) is 24.7. The second-order valence-corrected chi connectivity index (χ2v) is 13.4. The maximum atomic E-state index is 11.7. The second-order valence-electron chi connectivity index (χ2n) is 13.4. The summed E-state index contributed by atoms with van der Waals surface area (Å²) in [6.45, 7) is 9.28. The minimum atomic E-state index is -0.636. The van der Waals surface area contributed by atoms with Crippen molar-refractivity contribution in [2.45, 2.75) is 129 Å². The molecular formula is C29H51NO4. The highest BCUT2D eigenvalue weighted by Gasteiger charge is 2.63. The second kappa shape index (κ2) is 10.0. The van der Waals surface area contributed by atoms with Gasteiger partial charge in [0, 0.05) is 13.5 Å². The van der Waals surface area contributed by atoms with Gasteiger partial charge in [-0.05, 0) is 112 Å². The number of hydrogen-bond donors (Lipinski definition) is 4. The van der Waals surface area contributed by atoms with Gasteiger partial charge in [0.1, 0.15) is 0 Å². The zero-order valence-electron chi connectivity index (χ0n) is 22.2. The molecular weight excluding hydrogens is 426 g/mol. The van der Waals surface area contributed by atoms with Gasteiger partial charge in [-0.1, -0.05) is 33.1 Å². The summed E-state index contributed by atoms with van der Waals surface area (Å²) in [5, 5.41) is 36.0. The summed E-state index contributed by atoms with van der Waals surface area (Å²) in [6.07, 6.45) is 12.8. The third kappa shape index (κ3) is 4.83. The number of carbonyl (C=O) groups excluding carboxylic acids is 1. The van der Waals surface area contributed by atoms with E-state index in [0.717, 1.165) is 70.8 Å². The highest BCUT2D eigenvalue weighted by molar-refractivity contribution is 5.72. The van der Waals surface area contributed by atoms with Gasteiger partial charge in [0.2, 0.25) is 5.91 Å². The lowest BCUT2D eigenvalue weighted by Crippen LogP contribution is -2.59. The molecule has 4 saturated carbocycles.